The summed E-state index contributed by atoms with van der Waals surface area (Å²) >= 11 is 0. The van der Waals surface area contributed by atoms with Crippen LogP contribution in [0.3, 0.4) is 0 Å². The predicted octanol–water partition coefficient (Wildman–Crippen LogP) is 4.65. The van der Waals surface area contributed by atoms with E-state index in [1.807, 2.05) is 0 Å². The highest BCUT2D eigenvalue weighted by molar-refractivity contribution is 6.00. The number of halogens is 3. The van der Waals surface area contributed by atoms with Gasteiger partial charge in [0.2, 0.25) is 0 Å². The first-order chi connectivity index (χ1) is 9.38. The van der Waals surface area contributed by atoms with E-state index in [2.05, 4.69) is 5.32 Å². The third-order valence-corrected chi connectivity index (χ3v) is 2.80. The molecule has 0 heterocycles. The molecule has 20 heavy (non-hydrogen) atoms. The van der Waals surface area contributed by atoms with Crippen LogP contribution in [0.25, 0.3) is 0 Å². The average Bonchev–Trinajstić information content (AvgIpc) is 2.38. The first-order valence-corrected chi connectivity index (χ1v) is 5.92. The summed E-state index contributed by atoms with van der Waals surface area (Å²) in [6, 6.07) is 11.5. The Kier molecular flexibility index (Phi) is 3.79. The molecule has 0 radical (unpaired) electrons. The van der Waals surface area contributed by atoms with E-state index >= 15 is 0 Å². The maximum Gasteiger partial charge on any atom is 0.416 e. The molecule has 0 spiro atoms. The molecule has 0 saturated heterocycles. The molecule has 0 aliphatic carbocycles. The quantitative estimate of drug-likeness (QED) is 0.828. The lowest BCUT2D eigenvalue weighted by Gasteiger charge is -2.11. The van der Waals surface area contributed by atoms with Crippen molar-refractivity contribution in [2.24, 2.45) is 0 Å². The van der Waals surface area contributed by atoms with Gasteiger partial charge in [0, 0.05) is 16.9 Å². The Morgan fingerprint density at radius 2 is 1.60 bits per heavy atom. The lowest BCUT2D eigenvalue weighted by atomic mass is 10.1. The van der Waals surface area contributed by atoms with Gasteiger partial charge in [0.05, 0.1) is 5.56 Å². The molecule has 0 saturated carbocycles. The van der Waals surface area contributed by atoms with Gasteiger partial charge in [-0.25, -0.2) is 0 Å². The zero-order valence-electron chi connectivity index (χ0n) is 10.7. The minimum absolute atomic E-state index is 0.111. The zero-order valence-corrected chi connectivity index (χ0v) is 10.7. The summed E-state index contributed by atoms with van der Waals surface area (Å²) < 4.78 is 37.4. The van der Waals surface area contributed by atoms with E-state index < -0.39 is 11.7 Å². The van der Waals surface area contributed by atoms with Crippen molar-refractivity contribution in [2.75, 3.05) is 5.32 Å². The van der Waals surface area contributed by atoms with Gasteiger partial charge in [0.25, 0.3) is 0 Å². The number of hydrogen-bond donors (Lipinski definition) is 1. The van der Waals surface area contributed by atoms with E-state index in [1.165, 1.54) is 19.1 Å². The summed E-state index contributed by atoms with van der Waals surface area (Å²) in [6.07, 6.45) is -4.35. The van der Waals surface area contributed by atoms with Crippen molar-refractivity contribution in [3.8, 4) is 0 Å². The Hall–Kier alpha value is -2.30. The number of anilines is 2. The molecule has 1 N–H and O–H groups in total. The van der Waals surface area contributed by atoms with Crippen molar-refractivity contribution in [3.05, 3.63) is 59.7 Å². The van der Waals surface area contributed by atoms with E-state index in [9.17, 15) is 18.0 Å². The van der Waals surface area contributed by atoms with Crippen molar-refractivity contribution >= 4 is 17.2 Å². The smallest absolute Gasteiger partial charge is 0.355 e. The van der Waals surface area contributed by atoms with Gasteiger partial charge < -0.3 is 5.32 Å². The van der Waals surface area contributed by atoms with Gasteiger partial charge in [0.1, 0.15) is 0 Å². The molecular formula is C15H12F3NO. The molecule has 0 bridgehead atoms. The largest absolute Gasteiger partial charge is 0.416 e. The molecule has 2 aromatic rings. The van der Waals surface area contributed by atoms with Gasteiger partial charge in [-0.1, -0.05) is 12.1 Å². The Morgan fingerprint density at radius 1 is 1.00 bits per heavy atom. The van der Waals surface area contributed by atoms with Crippen molar-refractivity contribution < 1.29 is 18.0 Å². The van der Waals surface area contributed by atoms with Gasteiger partial charge in [-0.05, 0) is 43.3 Å². The summed E-state index contributed by atoms with van der Waals surface area (Å²) in [4.78, 5) is 11.5. The maximum atomic E-state index is 12.5. The molecule has 2 nitrogen and oxygen atoms in total. The van der Waals surface area contributed by atoms with Crippen LogP contribution in [-0.2, 0) is 6.18 Å². The van der Waals surface area contributed by atoms with Gasteiger partial charge in [-0.2, -0.15) is 13.2 Å². The van der Waals surface area contributed by atoms with Crippen LogP contribution in [0.1, 0.15) is 22.8 Å². The molecular weight excluding hydrogens is 267 g/mol. The first kappa shape index (κ1) is 14.1. The van der Waals surface area contributed by atoms with Crippen LogP contribution in [0.15, 0.2) is 48.5 Å². The van der Waals surface area contributed by atoms with Gasteiger partial charge in [-0.3, -0.25) is 4.79 Å². The standard InChI is InChI=1S/C15H12F3NO/c1-10(20)13-4-2-3-5-14(13)19-12-8-6-11(7-9-12)15(16,17)18/h2-9,19H,1H3. The summed E-state index contributed by atoms with van der Waals surface area (Å²) in [7, 11) is 0. The van der Waals surface area contributed by atoms with Crippen LogP contribution in [-0.4, -0.2) is 5.78 Å². The number of Topliss-reactive ketones (excluding diaryl/α,β-unsaturated/α-hetero) is 1. The van der Waals surface area contributed by atoms with Crippen LogP contribution < -0.4 is 5.32 Å². The number of hydrogen-bond acceptors (Lipinski definition) is 2. The van der Waals surface area contributed by atoms with E-state index in [-0.39, 0.29) is 5.78 Å². The third-order valence-electron chi connectivity index (χ3n) is 2.80. The van der Waals surface area contributed by atoms with Crippen molar-refractivity contribution in [2.45, 2.75) is 13.1 Å². The molecule has 0 fully saturated rings. The molecule has 0 atom stereocenters. The molecule has 0 aromatic heterocycles. The highest BCUT2D eigenvalue weighted by atomic mass is 19.4. The summed E-state index contributed by atoms with van der Waals surface area (Å²) in [5.41, 5.74) is 0.849. The predicted molar refractivity (Wildman–Crippen MR) is 71.2 cm³/mol. The summed E-state index contributed by atoms with van der Waals surface area (Å²) in [5.74, 6) is -0.111. The molecule has 0 unspecified atom stereocenters. The van der Waals surface area contributed by atoms with E-state index in [0.717, 1.165) is 12.1 Å². The zero-order chi connectivity index (χ0) is 14.8. The van der Waals surface area contributed by atoms with E-state index in [4.69, 9.17) is 0 Å². The molecule has 0 amide bonds. The SMILES string of the molecule is CC(=O)c1ccccc1Nc1ccc(C(F)(F)F)cc1. The highest BCUT2D eigenvalue weighted by Gasteiger charge is 2.29. The van der Waals surface area contributed by atoms with E-state index in [1.54, 1.807) is 24.3 Å². The van der Waals surface area contributed by atoms with Crippen LogP contribution >= 0.6 is 0 Å². The van der Waals surface area contributed by atoms with Gasteiger partial charge in [-0.15, -0.1) is 0 Å². The Labute approximate surface area is 114 Å². The van der Waals surface area contributed by atoms with Crippen molar-refractivity contribution in [1.29, 1.82) is 0 Å². The third kappa shape index (κ3) is 3.17. The fourth-order valence-electron chi connectivity index (χ4n) is 1.80. The minimum atomic E-state index is -4.35. The highest BCUT2D eigenvalue weighted by Crippen LogP contribution is 2.30. The van der Waals surface area contributed by atoms with Crippen molar-refractivity contribution in [3.63, 3.8) is 0 Å². The summed E-state index contributed by atoms with van der Waals surface area (Å²) in [6.45, 7) is 1.44. The Bertz CT molecular complexity index is 618. The second-order valence-corrected chi connectivity index (χ2v) is 4.30. The number of ketones is 1. The topological polar surface area (TPSA) is 29.1 Å². The molecule has 104 valence electrons. The number of carbonyl (C=O) groups excluding carboxylic acids is 1. The summed E-state index contributed by atoms with van der Waals surface area (Å²) in [5, 5.41) is 2.94. The second-order valence-electron chi connectivity index (χ2n) is 4.30. The Balaban J connectivity index is 2.25. The average molecular weight is 279 g/mol. The molecule has 0 aliphatic heterocycles. The molecule has 2 aromatic carbocycles. The lowest BCUT2D eigenvalue weighted by molar-refractivity contribution is -0.137. The number of rotatable bonds is 3. The fourth-order valence-corrected chi connectivity index (χ4v) is 1.80. The maximum absolute atomic E-state index is 12.5. The van der Waals surface area contributed by atoms with Crippen LogP contribution in [0.4, 0.5) is 24.5 Å². The minimum Gasteiger partial charge on any atom is -0.355 e. The number of benzene rings is 2. The van der Waals surface area contributed by atoms with Crippen LogP contribution in [0.2, 0.25) is 0 Å². The lowest BCUT2D eigenvalue weighted by Crippen LogP contribution is -2.05. The number of carbonyl (C=O) groups is 1. The number of alkyl halides is 3. The van der Waals surface area contributed by atoms with E-state index in [0.29, 0.717) is 16.9 Å². The van der Waals surface area contributed by atoms with Crippen molar-refractivity contribution in [1.82, 2.24) is 0 Å². The molecule has 5 heteroatoms. The molecule has 0 aliphatic rings. The molecule has 2 rings (SSSR count). The number of nitrogens with one attached hydrogen (secondary N) is 1. The number of para-hydroxylation sites is 1. The van der Waals surface area contributed by atoms with Crippen LogP contribution in [0, 0.1) is 0 Å². The normalized spacial score (nSPS) is 11.2. The fraction of sp³-hybridized carbons (Fsp3) is 0.133. The van der Waals surface area contributed by atoms with Gasteiger partial charge >= 0.3 is 6.18 Å². The Morgan fingerprint density at radius 3 is 2.15 bits per heavy atom. The van der Waals surface area contributed by atoms with Gasteiger partial charge in [0.15, 0.2) is 5.78 Å². The monoisotopic (exact) mass is 279 g/mol. The first-order valence-electron chi connectivity index (χ1n) is 5.92. The van der Waals surface area contributed by atoms with Crippen LogP contribution in [0.5, 0.6) is 0 Å². The second kappa shape index (κ2) is 5.36.